The smallest absolute Gasteiger partial charge is 0.226 e. The number of rotatable bonds is 4. The van der Waals surface area contributed by atoms with Gasteiger partial charge in [-0.3, -0.25) is 4.79 Å². The van der Waals surface area contributed by atoms with Gasteiger partial charge in [0.2, 0.25) is 5.91 Å². The van der Waals surface area contributed by atoms with Gasteiger partial charge >= 0.3 is 0 Å². The van der Waals surface area contributed by atoms with E-state index in [-0.39, 0.29) is 5.92 Å². The van der Waals surface area contributed by atoms with E-state index >= 15 is 0 Å². The molecule has 16 heavy (non-hydrogen) atoms. The molecule has 2 fully saturated rings. The van der Waals surface area contributed by atoms with Gasteiger partial charge in [0.15, 0.2) is 0 Å². The third-order valence-electron chi connectivity index (χ3n) is 4.19. The topological polar surface area (TPSA) is 32.3 Å². The van der Waals surface area contributed by atoms with Crippen LogP contribution in [0.1, 0.15) is 40.0 Å². The molecule has 0 spiro atoms. The van der Waals surface area contributed by atoms with Crippen LogP contribution >= 0.6 is 0 Å². The summed E-state index contributed by atoms with van der Waals surface area (Å²) in [5.41, 5.74) is 0. The van der Waals surface area contributed by atoms with Crippen LogP contribution in [0.3, 0.4) is 0 Å². The van der Waals surface area contributed by atoms with Gasteiger partial charge in [-0.1, -0.05) is 6.92 Å². The summed E-state index contributed by atoms with van der Waals surface area (Å²) in [6, 6.07) is 0.885. The van der Waals surface area contributed by atoms with Crippen LogP contribution in [-0.2, 0) is 4.79 Å². The van der Waals surface area contributed by atoms with Gasteiger partial charge in [-0.2, -0.15) is 0 Å². The molecule has 0 aromatic rings. The van der Waals surface area contributed by atoms with Crippen LogP contribution < -0.4 is 5.32 Å². The van der Waals surface area contributed by atoms with Crippen molar-refractivity contribution in [1.29, 1.82) is 0 Å². The lowest BCUT2D eigenvalue weighted by atomic mass is 9.84. The van der Waals surface area contributed by atoms with Crippen molar-refractivity contribution in [3.05, 3.63) is 0 Å². The third-order valence-corrected chi connectivity index (χ3v) is 4.19. The van der Waals surface area contributed by atoms with E-state index in [4.69, 9.17) is 0 Å². The predicted octanol–water partition coefficient (Wildman–Crippen LogP) is 1.63. The molecule has 2 rings (SSSR count). The summed E-state index contributed by atoms with van der Waals surface area (Å²) in [6.07, 6.45) is 3.71. The summed E-state index contributed by atoms with van der Waals surface area (Å²) in [4.78, 5) is 14.6. The molecule has 1 heterocycles. The van der Waals surface area contributed by atoms with Gasteiger partial charge in [0, 0.05) is 18.0 Å². The van der Waals surface area contributed by atoms with Gasteiger partial charge in [0.1, 0.15) is 0 Å². The van der Waals surface area contributed by atoms with Crippen molar-refractivity contribution >= 4 is 5.91 Å². The molecule has 92 valence electrons. The molecule has 0 aromatic carbocycles. The maximum atomic E-state index is 12.5. The second-order valence-corrected chi connectivity index (χ2v) is 5.63. The van der Waals surface area contributed by atoms with Gasteiger partial charge in [-0.15, -0.1) is 0 Å². The third kappa shape index (κ3) is 2.10. The van der Waals surface area contributed by atoms with Crippen molar-refractivity contribution < 1.29 is 4.79 Å². The fourth-order valence-electron chi connectivity index (χ4n) is 2.62. The molecular weight excluding hydrogens is 200 g/mol. The summed E-state index contributed by atoms with van der Waals surface area (Å²) in [7, 11) is 0. The molecule has 1 saturated carbocycles. The Labute approximate surface area is 98.6 Å². The minimum Gasteiger partial charge on any atom is -0.337 e. The second-order valence-electron chi connectivity index (χ2n) is 5.63. The van der Waals surface area contributed by atoms with Crippen LogP contribution in [0.25, 0.3) is 0 Å². The fraction of sp³-hybridized carbons (Fsp3) is 0.923. The Morgan fingerprint density at radius 1 is 1.25 bits per heavy atom. The SMILES string of the molecule is CC(C(=O)N(C(C)C)C1CCC1)C1CNC1. The van der Waals surface area contributed by atoms with Crippen molar-refractivity contribution in [1.82, 2.24) is 10.2 Å². The lowest BCUT2D eigenvalue weighted by Gasteiger charge is -2.43. The van der Waals surface area contributed by atoms with Gasteiger partial charge in [0.05, 0.1) is 0 Å². The largest absolute Gasteiger partial charge is 0.337 e. The van der Waals surface area contributed by atoms with E-state index in [1.54, 1.807) is 0 Å². The normalized spacial score (nSPS) is 23.8. The minimum absolute atomic E-state index is 0.198. The molecule has 1 saturated heterocycles. The van der Waals surface area contributed by atoms with Gasteiger partial charge < -0.3 is 10.2 Å². The number of nitrogens with zero attached hydrogens (tertiary/aromatic N) is 1. The van der Waals surface area contributed by atoms with Crippen LogP contribution in [0, 0.1) is 11.8 Å². The Morgan fingerprint density at radius 2 is 1.88 bits per heavy atom. The van der Waals surface area contributed by atoms with E-state index in [1.807, 2.05) is 0 Å². The van der Waals surface area contributed by atoms with Gasteiger partial charge in [0.25, 0.3) is 0 Å². The fourth-order valence-corrected chi connectivity index (χ4v) is 2.62. The molecule has 1 amide bonds. The molecule has 1 unspecified atom stereocenters. The molecule has 0 radical (unpaired) electrons. The van der Waals surface area contributed by atoms with E-state index in [1.165, 1.54) is 19.3 Å². The van der Waals surface area contributed by atoms with Crippen molar-refractivity contribution in [3.63, 3.8) is 0 Å². The Balaban J connectivity index is 1.97. The highest BCUT2D eigenvalue weighted by Crippen LogP contribution is 2.29. The number of hydrogen-bond donors (Lipinski definition) is 1. The standard InChI is InChI=1S/C13H24N2O/c1-9(2)15(12-5-4-6-12)13(16)10(3)11-7-14-8-11/h9-12,14H,4-8H2,1-3H3. The molecule has 3 heteroatoms. The van der Waals surface area contributed by atoms with Crippen molar-refractivity contribution in [2.75, 3.05) is 13.1 Å². The first-order chi connectivity index (χ1) is 7.61. The molecule has 1 aliphatic heterocycles. The number of carbonyl (C=O) groups excluding carboxylic acids is 1. The Bertz CT molecular complexity index is 257. The highest BCUT2D eigenvalue weighted by Gasteiger charge is 2.37. The van der Waals surface area contributed by atoms with Crippen LogP contribution in [0.4, 0.5) is 0 Å². The predicted molar refractivity (Wildman–Crippen MR) is 65.1 cm³/mol. The highest BCUT2D eigenvalue weighted by atomic mass is 16.2. The van der Waals surface area contributed by atoms with E-state index in [0.717, 1.165) is 13.1 Å². The zero-order valence-electron chi connectivity index (χ0n) is 10.7. The maximum absolute atomic E-state index is 12.5. The van der Waals surface area contributed by atoms with E-state index in [0.29, 0.717) is 23.9 Å². The molecule has 0 aromatic heterocycles. The van der Waals surface area contributed by atoms with Crippen LogP contribution in [0.5, 0.6) is 0 Å². The first-order valence-electron chi connectivity index (χ1n) is 6.64. The van der Waals surface area contributed by atoms with Crippen molar-refractivity contribution in [3.8, 4) is 0 Å². The zero-order chi connectivity index (χ0) is 11.7. The van der Waals surface area contributed by atoms with E-state index in [9.17, 15) is 4.79 Å². The summed E-state index contributed by atoms with van der Waals surface area (Å²) >= 11 is 0. The number of hydrogen-bond acceptors (Lipinski definition) is 2. The average Bonchev–Trinajstić information content (AvgIpc) is 2.06. The molecule has 1 aliphatic carbocycles. The number of nitrogens with one attached hydrogen (secondary N) is 1. The quantitative estimate of drug-likeness (QED) is 0.787. The van der Waals surface area contributed by atoms with Crippen molar-refractivity contribution in [2.24, 2.45) is 11.8 Å². The first-order valence-corrected chi connectivity index (χ1v) is 6.64. The monoisotopic (exact) mass is 224 g/mol. The van der Waals surface area contributed by atoms with Crippen LogP contribution in [0.15, 0.2) is 0 Å². The maximum Gasteiger partial charge on any atom is 0.226 e. The van der Waals surface area contributed by atoms with Gasteiger partial charge in [-0.25, -0.2) is 0 Å². The number of carbonyl (C=O) groups is 1. The van der Waals surface area contributed by atoms with Crippen molar-refractivity contribution in [2.45, 2.75) is 52.1 Å². The minimum atomic E-state index is 0.198. The van der Waals surface area contributed by atoms with Crippen LogP contribution in [0.2, 0.25) is 0 Å². The second kappa shape index (κ2) is 4.74. The summed E-state index contributed by atoms with van der Waals surface area (Å²) < 4.78 is 0. The molecule has 2 aliphatic rings. The van der Waals surface area contributed by atoms with Crippen LogP contribution in [-0.4, -0.2) is 36.0 Å². The molecule has 1 atom stereocenters. The summed E-state index contributed by atoms with van der Waals surface area (Å²) in [6.45, 7) is 8.42. The lowest BCUT2D eigenvalue weighted by Crippen LogP contribution is -2.55. The van der Waals surface area contributed by atoms with E-state index in [2.05, 4.69) is 31.0 Å². The molecule has 3 nitrogen and oxygen atoms in total. The summed E-state index contributed by atoms with van der Waals surface area (Å²) in [5.74, 6) is 1.14. The lowest BCUT2D eigenvalue weighted by molar-refractivity contribution is -0.143. The Kier molecular flexibility index (Phi) is 3.53. The average molecular weight is 224 g/mol. The molecule has 0 bridgehead atoms. The van der Waals surface area contributed by atoms with Gasteiger partial charge in [-0.05, 0) is 52.1 Å². The Hall–Kier alpha value is -0.570. The molecular formula is C13H24N2O. The Morgan fingerprint density at radius 3 is 2.19 bits per heavy atom. The zero-order valence-corrected chi connectivity index (χ0v) is 10.7. The highest BCUT2D eigenvalue weighted by molar-refractivity contribution is 5.79. The van der Waals surface area contributed by atoms with E-state index < -0.39 is 0 Å². The molecule has 1 N–H and O–H groups in total. The first kappa shape index (κ1) is 11.9. The number of amides is 1. The summed E-state index contributed by atoms with van der Waals surface area (Å²) in [5, 5.41) is 3.25.